The monoisotopic (exact) mass is 380 g/mol. The number of likely N-dealkylation sites (tertiary alicyclic amines) is 1. The summed E-state index contributed by atoms with van der Waals surface area (Å²) < 4.78 is 28.4. The lowest BCUT2D eigenvalue weighted by atomic mass is 9.91. The Labute approximate surface area is 155 Å². The summed E-state index contributed by atoms with van der Waals surface area (Å²) in [7, 11) is -2.84. The molecule has 0 aliphatic carbocycles. The summed E-state index contributed by atoms with van der Waals surface area (Å²) >= 11 is 0. The van der Waals surface area contributed by atoms with Crippen LogP contribution in [0.15, 0.2) is 30.3 Å². The normalized spacial score (nSPS) is 26.2. The highest BCUT2D eigenvalue weighted by molar-refractivity contribution is 7.92. The molecule has 26 heavy (non-hydrogen) atoms. The number of piperidine rings is 1. The zero-order valence-electron chi connectivity index (χ0n) is 15.6. The molecule has 0 aromatic heterocycles. The Hall–Kier alpha value is -1.60. The van der Waals surface area contributed by atoms with Gasteiger partial charge in [0, 0.05) is 18.6 Å². The third kappa shape index (κ3) is 4.76. The second-order valence-electron chi connectivity index (χ2n) is 8.26. The van der Waals surface area contributed by atoms with Gasteiger partial charge in [0.15, 0.2) is 9.84 Å². The third-order valence-electron chi connectivity index (χ3n) is 4.80. The van der Waals surface area contributed by atoms with Crippen LogP contribution in [0.25, 0.3) is 0 Å². The second kappa shape index (κ2) is 7.19. The summed E-state index contributed by atoms with van der Waals surface area (Å²) in [6.07, 6.45) is 1.25. The Morgan fingerprint density at radius 3 is 2.38 bits per heavy atom. The van der Waals surface area contributed by atoms with Crippen LogP contribution in [0.4, 0.5) is 4.79 Å². The van der Waals surface area contributed by atoms with Crippen molar-refractivity contribution in [3.63, 3.8) is 0 Å². The number of sulfone groups is 1. The van der Waals surface area contributed by atoms with Crippen molar-refractivity contribution in [2.75, 3.05) is 18.1 Å². The predicted molar refractivity (Wildman–Crippen MR) is 101 cm³/mol. The van der Waals surface area contributed by atoms with Crippen molar-refractivity contribution in [2.45, 2.75) is 57.3 Å². The van der Waals surface area contributed by atoms with Crippen molar-refractivity contribution < 1.29 is 17.9 Å². The van der Waals surface area contributed by atoms with Crippen molar-refractivity contribution >= 4 is 15.9 Å². The van der Waals surface area contributed by atoms with E-state index >= 15 is 0 Å². The van der Waals surface area contributed by atoms with Crippen LogP contribution in [-0.4, -0.2) is 55.1 Å². The number of nitrogens with one attached hydrogen (secondary N) is 1. The molecule has 3 rings (SSSR count). The lowest BCUT2D eigenvalue weighted by Gasteiger charge is -2.42. The van der Waals surface area contributed by atoms with Crippen LogP contribution < -0.4 is 5.32 Å². The minimum absolute atomic E-state index is 0.0366. The maximum atomic E-state index is 12.7. The molecule has 0 unspecified atom stereocenters. The first-order valence-electron chi connectivity index (χ1n) is 9.14. The van der Waals surface area contributed by atoms with Crippen LogP contribution in [-0.2, 0) is 14.6 Å². The molecule has 2 fully saturated rings. The highest BCUT2D eigenvalue weighted by Crippen LogP contribution is 2.33. The van der Waals surface area contributed by atoms with Crippen molar-refractivity contribution in [3.05, 3.63) is 35.9 Å². The fourth-order valence-electron chi connectivity index (χ4n) is 3.64. The zero-order chi connectivity index (χ0) is 18.9. The van der Waals surface area contributed by atoms with Gasteiger partial charge >= 0.3 is 6.09 Å². The van der Waals surface area contributed by atoms with Crippen LogP contribution >= 0.6 is 0 Å². The fourth-order valence-corrected chi connectivity index (χ4v) is 4.96. The topological polar surface area (TPSA) is 75.7 Å². The molecule has 144 valence electrons. The van der Waals surface area contributed by atoms with Gasteiger partial charge < -0.3 is 15.0 Å². The molecular weight excluding hydrogens is 352 g/mol. The minimum atomic E-state index is -2.84. The van der Waals surface area contributed by atoms with Crippen molar-refractivity contribution in [3.8, 4) is 0 Å². The number of carbonyl (C=O) groups is 1. The number of hydrogen-bond donors (Lipinski definition) is 1. The number of benzene rings is 1. The quantitative estimate of drug-likeness (QED) is 0.872. The molecule has 2 heterocycles. The number of rotatable bonds is 3. The minimum Gasteiger partial charge on any atom is -0.444 e. The largest absolute Gasteiger partial charge is 0.444 e. The molecule has 2 aliphatic heterocycles. The van der Waals surface area contributed by atoms with Gasteiger partial charge in [-0.3, -0.25) is 0 Å². The van der Waals surface area contributed by atoms with Gasteiger partial charge in [-0.1, -0.05) is 30.3 Å². The molecule has 0 bridgehead atoms. The molecule has 0 spiro atoms. The molecule has 7 heteroatoms. The Balaban J connectivity index is 1.71. The standard InChI is InChI=1S/C19H28N2O4S/c1-19(2,3)25-18(22)21-10-9-15(20-16-12-26(23,24)13-16)11-17(21)14-7-5-4-6-8-14/h4-8,15-17,20H,9-13H2,1-3H3/t15-,17-/m0/s1. The summed E-state index contributed by atoms with van der Waals surface area (Å²) in [5, 5.41) is 3.46. The van der Waals surface area contributed by atoms with Crippen molar-refractivity contribution in [2.24, 2.45) is 0 Å². The lowest BCUT2D eigenvalue weighted by Crippen LogP contribution is -2.57. The van der Waals surface area contributed by atoms with E-state index in [9.17, 15) is 13.2 Å². The molecule has 6 nitrogen and oxygen atoms in total. The first-order chi connectivity index (χ1) is 12.1. The maximum absolute atomic E-state index is 12.7. The van der Waals surface area contributed by atoms with Crippen LogP contribution in [0.3, 0.4) is 0 Å². The smallest absolute Gasteiger partial charge is 0.410 e. The Morgan fingerprint density at radius 2 is 1.81 bits per heavy atom. The van der Waals surface area contributed by atoms with E-state index in [4.69, 9.17) is 4.74 Å². The fraction of sp³-hybridized carbons (Fsp3) is 0.632. The van der Waals surface area contributed by atoms with E-state index < -0.39 is 15.4 Å². The van der Waals surface area contributed by atoms with Gasteiger partial charge in [0.2, 0.25) is 0 Å². The van der Waals surface area contributed by atoms with Gasteiger partial charge in [-0.2, -0.15) is 0 Å². The van der Waals surface area contributed by atoms with Crippen molar-refractivity contribution in [1.29, 1.82) is 0 Å². The van der Waals surface area contributed by atoms with Gasteiger partial charge in [-0.25, -0.2) is 13.2 Å². The average molecular weight is 381 g/mol. The number of carbonyl (C=O) groups excluding carboxylic acids is 1. The Bertz CT molecular complexity index is 731. The summed E-state index contributed by atoms with van der Waals surface area (Å²) in [5.74, 6) is 0.435. The maximum Gasteiger partial charge on any atom is 0.410 e. The number of nitrogens with zero attached hydrogens (tertiary/aromatic N) is 1. The van der Waals surface area contributed by atoms with E-state index in [1.807, 2.05) is 51.1 Å². The molecular formula is C19H28N2O4S. The van der Waals surface area contributed by atoms with Crippen LogP contribution in [0.1, 0.15) is 45.2 Å². The van der Waals surface area contributed by atoms with E-state index in [2.05, 4.69) is 5.32 Å². The van der Waals surface area contributed by atoms with Gasteiger partial charge in [-0.15, -0.1) is 0 Å². The van der Waals surface area contributed by atoms with E-state index in [1.165, 1.54) is 0 Å². The lowest BCUT2D eigenvalue weighted by molar-refractivity contribution is 0.00631. The Morgan fingerprint density at radius 1 is 1.15 bits per heavy atom. The van der Waals surface area contributed by atoms with Gasteiger partial charge in [-0.05, 0) is 39.2 Å². The van der Waals surface area contributed by atoms with E-state index in [1.54, 1.807) is 4.90 Å². The first-order valence-corrected chi connectivity index (χ1v) is 11.0. The van der Waals surface area contributed by atoms with Crippen molar-refractivity contribution in [1.82, 2.24) is 10.2 Å². The zero-order valence-corrected chi connectivity index (χ0v) is 16.5. The number of amides is 1. The molecule has 2 aliphatic rings. The molecule has 2 saturated heterocycles. The Kier molecular flexibility index (Phi) is 5.30. The highest BCUT2D eigenvalue weighted by Gasteiger charge is 2.39. The molecule has 1 aromatic carbocycles. The molecule has 1 amide bonds. The van der Waals surface area contributed by atoms with Crippen LogP contribution in [0.2, 0.25) is 0 Å². The van der Waals surface area contributed by atoms with Gasteiger partial charge in [0.1, 0.15) is 5.60 Å². The van der Waals surface area contributed by atoms with Gasteiger partial charge in [0.05, 0.1) is 17.5 Å². The van der Waals surface area contributed by atoms with Crippen LogP contribution in [0.5, 0.6) is 0 Å². The number of ether oxygens (including phenoxy) is 1. The molecule has 1 aromatic rings. The summed E-state index contributed by atoms with van der Waals surface area (Å²) in [6, 6.07) is 10.1. The SMILES string of the molecule is CC(C)(C)OC(=O)N1CC[C@H](NC2CS(=O)(=O)C2)C[C@H]1c1ccccc1. The first kappa shape index (κ1) is 19.2. The van der Waals surface area contributed by atoms with E-state index in [-0.39, 0.29) is 35.7 Å². The van der Waals surface area contributed by atoms with Crippen LogP contribution in [0, 0.1) is 0 Å². The summed E-state index contributed by atoms with van der Waals surface area (Å²) in [6.45, 7) is 6.20. The molecule has 1 N–H and O–H groups in total. The molecule has 2 atom stereocenters. The average Bonchev–Trinajstić information content (AvgIpc) is 2.52. The number of hydrogen-bond acceptors (Lipinski definition) is 5. The molecule has 0 saturated carbocycles. The predicted octanol–water partition coefficient (Wildman–Crippen LogP) is 2.51. The highest BCUT2D eigenvalue weighted by atomic mass is 32.2. The summed E-state index contributed by atoms with van der Waals surface area (Å²) in [4.78, 5) is 14.5. The second-order valence-corrected chi connectivity index (χ2v) is 10.4. The summed E-state index contributed by atoms with van der Waals surface area (Å²) in [5.41, 5.74) is 0.541. The van der Waals surface area contributed by atoms with E-state index in [0.29, 0.717) is 6.54 Å². The third-order valence-corrected chi connectivity index (χ3v) is 6.62. The molecule has 0 radical (unpaired) electrons. The van der Waals surface area contributed by atoms with Gasteiger partial charge in [0.25, 0.3) is 0 Å². The van der Waals surface area contributed by atoms with E-state index in [0.717, 1.165) is 18.4 Å².